The van der Waals surface area contributed by atoms with Crippen LogP contribution < -0.4 is 4.74 Å². The first-order valence-electron chi connectivity index (χ1n) is 6.07. The van der Waals surface area contributed by atoms with Crippen LogP contribution in [0.15, 0.2) is 30.3 Å². The monoisotopic (exact) mass is 309 g/mol. The quantitative estimate of drug-likeness (QED) is 0.368. The number of hydrogen-bond donors (Lipinski definition) is 0. The highest BCUT2D eigenvalue weighted by molar-refractivity contribution is 5.71. The molecule has 0 aromatic heterocycles. The summed E-state index contributed by atoms with van der Waals surface area (Å²) in [6.45, 7) is 0. The van der Waals surface area contributed by atoms with Crippen LogP contribution in [-0.4, -0.2) is 12.0 Å². The zero-order valence-corrected chi connectivity index (χ0v) is 11.3. The summed E-state index contributed by atoms with van der Waals surface area (Å²) in [5, 5.41) is 10.9. The van der Waals surface area contributed by atoms with E-state index in [0.717, 1.165) is 12.1 Å². The summed E-state index contributed by atoms with van der Waals surface area (Å²) >= 11 is 0. The van der Waals surface area contributed by atoms with Gasteiger partial charge >= 0.3 is 5.69 Å². The molecule has 2 aromatic rings. The van der Waals surface area contributed by atoms with E-state index in [1.54, 1.807) is 6.07 Å². The molecule has 0 N–H and O–H groups in total. The molecule has 0 saturated carbocycles. The third-order valence-electron chi connectivity index (χ3n) is 2.87. The van der Waals surface area contributed by atoms with Gasteiger partial charge in [0.15, 0.2) is 23.2 Å². The standard InChI is InChI=1S/C15H10F3NO3/c1-22-14-5-4-9(8-13(14)19(20)21)2-3-10-6-11(16)15(18)12(17)7-10/h2-8H,1H3/b3-2-. The minimum atomic E-state index is -1.54. The Balaban J connectivity index is 2.34. The van der Waals surface area contributed by atoms with Gasteiger partial charge in [0.1, 0.15) is 0 Å². The van der Waals surface area contributed by atoms with E-state index in [1.807, 2.05) is 0 Å². The van der Waals surface area contributed by atoms with Crippen molar-refractivity contribution in [1.82, 2.24) is 0 Å². The largest absolute Gasteiger partial charge is 0.490 e. The molecular weight excluding hydrogens is 299 g/mol. The second kappa shape index (κ2) is 6.30. The molecule has 0 bridgehead atoms. The van der Waals surface area contributed by atoms with Crippen molar-refractivity contribution < 1.29 is 22.8 Å². The Morgan fingerprint density at radius 3 is 2.18 bits per heavy atom. The number of halogens is 3. The lowest BCUT2D eigenvalue weighted by molar-refractivity contribution is -0.385. The Morgan fingerprint density at radius 1 is 1.05 bits per heavy atom. The van der Waals surface area contributed by atoms with Crippen LogP contribution in [0.1, 0.15) is 11.1 Å². The number of nitrogens with zero attached hydrogens (tertiary/aromatic N) is 1. The molecule has 0 spiro atoms. The Bertz CT molecular complexity index is 737. The molecule has 0 atom stereocenters. The van der Waals surface area contributed by atoms with Gasteiger partial charge in [0.05, 0.1) is 12.0 Å². The second-order valence-electron chi connectivity index (χ2n) is 4.32. The SMILES string of the molecule is COc1ccc(/C=C\c2cc(F)c(F)c(F)c2)cc1[N+](=O)[O-]. The van der Waals surface area contributed by atoms with Crippen LogP contribution in [0.5, 0.6) is 5.75 Å². The summed E-state index contributed by atoms with van der Waals surface area (Å²) in [7, 11) is 1.31. The van der Waals surface area contributed by atoms with Crippen LogP contribution in [0.4, 0.5) is 18.9 Å². The van der Waals surface area contributed by atoms with Gasteiger partial charge in [0.25, 0.3) is 0 Å². The number of benzene rings is 2. The molecule has 0 aliphatic rings. The molecule has 0 heterocycles. The van der Waals surface area contributed by atoms with Crippen molar-refractivity contribution in [3.05, 3.63) is 69.0 Å². The van der Waals surface area contributed by atoms with Crippen LogP contribution in [0.2, 0.25) is 0 Å². The van der Waals surface area contributed by atoms with Gasteiger partial charge in [-0.3, -0.25) is 10.1 Å². The lowest BCUT2D eigenvalue weighted by atomic mass is 10.1. The molecular formula is C15H10F3NO3. The molecule has 0 unspecified atom stereocenters. The minimum absolute atomic E-state index is 0.0925. The normalized spacial score (nSPS) is 10.9. The third kappa shape index (κ3) is 3.25. The average Bonchev–Trinajstić information content (AvgIpc) is 2.50. The van der Waals surface area contributed by atoms with Crippen LogP contribution in [-0.2, 0) is 0 Å². The maximum Gasteiger partial charge on any atom is 0.311 e. The van der Waals surface area contributed by atoms with Gasteiger partial charge in [0.2, 0.25) is 0 Å². The molecule has 0 fully saturated rings. The summed E-state index contributed by atoms with van der Waals surface area (Å²) in [5.74, 6) is -4.06. The second-order valence-corrected chi connectivity index (χ2v) is 4.32. The summed E-state index contributed by atoms with van der Waals surface area (Å²) in [4.78, 5) is 10.3. The number of ether oxygens (including phenoxy) is 1. The summed E-state index contributed by atoms with van der Waals surface area (Å²) < 4.78 is 43.9. The van der Waals surface area contributed by atoms with E-state index >= 15 is 0 Å². The van der Waals surface area contributed by atoms with Crippen molar-refractivity contribution in [3.63, 3.8) is 0 Å². The van der Waals surface area contributed by atoms with Crippen molar-refractivity contribution in [2.75, 3.05) is 7.11 Å². The minimum Gasteiger partial charge on any atom is -0.490 e. The van der Waals surface area contributed by atoms with E-state index in [-0.39, 0.29) is 17.0 Å². The summed E-state index contributed by atoms with van der Waals surface area (Å²) in [6.07, 6.45) is 2.73. The smallest absolute Gasteiger partial charge is 0.311 e. The van der Waals surface area contributed by atoms with E-state index < -0.39 is 22.4 Å². The Hall–Kier alpha value is -2.83. The van der Waals surface area contributed by atoms with E-state index in [4.69, 9.17) is 4.74 Å². The van der Waals surface area contributed by atoms with Gasteiger partial charge in [-0.1, -0.05) is 18.2 Å². The van der Waals surface area contributed by atoms with Crippen LogP contribution in [0.25, 0.3) is 12.2 Å². The Labute approximate surface area is 123 Å². The first-order chi connectivity index (χ1) is 10.4. The lowest BCUT2D eigenvalue weighted by Gasteiger charge is -2.02. The first-order valence-corrected chi connectivity index (χ1v) is 6.07. The third-order valence-corrected chi connectivity index (χ3v) is 2.87. The molecule has 0 saturated heterocycles. The molecule has 2 rings (SSSR count). The maximum absolute atomic E-state index is 13.1. The lowest BCUT2D eigenvalue weighted by Crippen LogP contribution is -1.94. The Morgan fingerprint density at radius 2 is 1.64 bits per heavy atom. The van der Waals surface area contributed by atoms with Gasteiger partial charge in [-0.15, -0.1) is 0 Å². The van der Waals surface area contributed by atoms with E-state index in [1.165, 1.54) is 31.4 Å². The molecule has 114 valence electrons. The zero-order valence-electron chi connectivity index (χ0n) is 11.3. The van der Waals surface area contributed by atoms with Crippen LogP contribution in [0, 0.1) is 27.6 Å². The number of nitro benzene ring substituents is 1. The van der Waals surface area contributed by atoms with Gasteiger partial charge in [0, 0.05) is 6.07 Å². The molecule has 7 heteroatoms. The van der Waals surface area contributed by atoms with Crippen LogP contribution in [0.3, 0.4) is 0 Å². The number of nitro groups is 1. The average molecular weight is 309 g/mol. The molecule has 0 amide bonds. The fraction of sp³-hybridized carbons (Fsp3) is 0.0667. The van der Waals surface area contributed by atoms with Gasteiger partial charge in [-0.25, -0.2) is 13.2 Å². The first kappa shape index (κ1) is 15.6. The molecule has 0 aliphatic heterocycles. The zero-order chi connectivity index (χ0) is 16.3. The van der Waals surface area contributed by atoms with Crippen LogP contribution >= 0.6 is 0 Å². The summed E-state index contributed by atoms with van der Waals surface area (Å²) in [6, 6.07) is 5.85. The van der Waals surface area contributed by atoms with Gasteiger partial charge < -0.3 is 4.74 Å². The molecule has 0 radical (unpaired) electrons. The highest BCUT2D eigenvalue weighted by Gasteiger charge is 2.14. The predicted octanol–water partition coefficient (Wildman–Crippen LogP) is 4.19. The Kier molecular flexibility index (Phi) is 4.45. The number of methoxy groups -OCH3 is 1. The van der Waals surface area contributed by atoms with E-state index in [2.05, 4.69) is 0 Å². The van der Waals surface area contributed by atoms with Crippen molar-refractivity contribution in [1.29, 1.82) is 0 Å². The van der Waals surface area contributed by atoms with Crippen molar-refractivity contribution in [2.24, 2.45) is 0 Å². The fourth-order valence-electron chi connectivity index (χ4n) is 1.82. The van der Waals surface area contributed by atoms with Gasteiger partial charge in [-0.2, -0.15) is 0 Å². The molecule has 4 nitrogen and oxygen atoms in total. The topological polar surface area (TPSA) is 52.4 Å². The van der Waals surface area contributed by atoms with E-state index in [9.17, 15) is 23.3 Å². The highest BCUT2D eigenvalue weighted by Crippen LogP contribution is 2.28. The van der Waals surface area contributed by atoms with Crippen molar-refractivity contribution in [3.8, 4) is 5.75 Å². The highest BCUT2D eigenvalue weighted by atomic mass is 19.2. The summed E-state index contributed by atoms with van der Waals surface area (Å²) in [5.41, 5.74) is 0.286. The molecule has 22 heavy (non-hydrogen) atoms. The number of rotatable bonds is 4. The number of hydrogen-bond acceptors (Lipinski definition) is 3. The van der Waals surface area contributed by atoms with E-state index in [0.29, 0.717) is 5.56 Å². The maximum atomic E-state index is 13.1. The molecule has 0 aliphatic carbocycles. The molecule has 2 aromatic carbocycles. The van der Waals surface area contributed by atoms with Crippen molar-refractivity contribution >= 4 is 17.8 Å². The fourth-order valence-corrected chi connectivity index (χ4v) is 1.82. The predicted molar refractivity (Wildman–Crippen MR) is 74.9 cm³/mol. The van der Waals surface area contributed by atoms with Crippen molar-refractivity contribution in [2.45, 2.75) is 0 Å². The van der Waals surface area contributed by atoms with Gasteiger partial charge in [-0.05, 0) is 29.3 Å².